The maximum absolute atomic E-state index is 12.3. The Hall–Kier alpha value is -2.97. The number of amides is 1. The molecule has 1 amide bonds. The summed E-state index contributed by atoms with van der Waals surface area (Å²) in [5.41, 5.74) is 6.04. The second kappa shape index (κ2) is 11.0. The van der Waals surface area contributed by atoms with E-state index in [4.69, 9.17) is 4.74 Å². The number of hydrogen-bond donors (Lipinski definition) is 1. The third-order valence-electron chi connectivity index (χ3n) is 6.29. The number of carbonyl (C=O) groups excluding carboxylic acids is 1. The predicted octanol–water partition coefficient (Wildman–Crippen LogP) is 3.84. The number of hydrogen-bond acceptors (Lipinski definition) is 7. The molecule has 1 N–H and O–H groups in total. The van der Waals surface area contributed by atoms with Crippen LogP contribution in [0.2, 0.25) is 0 Å². The Morgan fingerprint density at radius 2 is 1.97 bits per heavy atom. The molecule has 0 radical (unpaired) electrons. The van der Waals surface area contributed by atoms with Crippen LogP contribution in [0.1, 0.15) is 56.6 Å². The van der Waals surface area contributed by atoms with E-state index in [2.05, 4.69) is 62.1 Å². The Bertz CT molecular complexity index is 1160. The minimum Gasteiger partial charge on any atom is -0.381 e. The van der Waals surface area contributed by atoms with Crippen molar-refractivity contribution in [3.05, 3.63) is 74.5 Å². The summed E-state index contributed by atoms with van der Waals surface area (Å²) >= 11 is 1.39. The summed E-state index contributed by atoms with van der Waals surface area (Å²) < 4.78 is 5.35. The molecule has 1 aliphatic heterocycles. The van der Waals surface area contributed by atoms with Crippen LogP contribution in [0.4, 0.5) is 0 Å². The van der Waals surface area contributed by atoms with Gasteiger partial charge in [-0.3, -0.25) is 4.79 Å². The van der Waals surface area contributed by atoms with E-state index in [9.17, 15) is 4.79 Å². The summed E-state index contributed by atoms with van der Waals surface area (Å²) in [5.74, 6) is 0.272. The average Bonchev–Trinajstić information content (AvgIpc) is 3.62. The van der Waals surface area contributed by atoms with Crippen LogP contribution in [0, 0.1) is 5.92 Å². The highest BCUT2D eigenvalue weighted by Crippen LogP contribution is 2.26. The summed E-state index contributed by atoms with van der Waals surface area (Å²) in [6.07, 6.45) is 8.80. The van der Waals surface area contributed by atoms with Gasteiger partial charge >= 0.3 is 0 Å². The monoisotopic (exact) mass is 475 g/mol. The second-order valence-corrected chi connectivity index (χ2v) is 10.1. The van der Waals surface area contributed by atoms with Gasteiger partial charge in [0, 0.05) is 31.9 Å². The molecule has 1 fully saturated rings. The average molecular weight is 476 g/mol. The lowest BCUT2D eigenvalue weighted by atomic mass is 10.0. The fraction of sp³-hybridized carbons (Fsp3) is 0.423. The highest BCUT2D eigenvalue weighted by molar-refractivity contribution is 7.13. The van der Waals surface area contributed by atoms with Crippen molar-refractivity contribution in [1.82, 2.24) is 25.7 Å². The quantitative estimate of drug-likeness (QED) is 0.448. The molecule has 2 aliphatic rings. The summed E-state index contributed by atoms with van der Waals surface area (Å²) in [7, 11) is 0. The van der Waals surface area contributed by atoms with E-state index in [-0.39, 0.29) is 5.91 Å². The van der Waals surface area contributed by atoms with Crippen molar-refractivity contribution in [1.29, 1.82) is 0 Å². The standard InChI is InChI=1S/C26H29N5O2S/c32-25(27-16-19-10-11-33-17-19)26-31-30-24(34-26)9-5-4-8-22-15-21-13-20(14-23(21)29-28-22)12-18-6-2-1-3-7-18/h1-3,6-7,13,15,19H,4-5,8-12,14,16-17H2,(H,27,32). The van der Waals surface area contributed by atoms with Crippen molar-refractivity contribution in [3.8, 4) is 0 Å². The molecule has 0 saturated carbocycles. The summed E-state index contributed by atoms with van der Waals surface area (Å²) in [4.78, 5) is 12.3. The van der Waals surface area contributed by atoms with Crippen LogP contribution in [-0.4, -0.2) is 46.1 Å². The van der Waals surface area contributed by atoms with Crippen LogP contribution in [0.3, 0.4) is 0 Å². The molecular formula is C26H29N5O2S. The van der Waals surface area contributed by atoms with Gasteiger partial charge in [-0.25, -0.2) is 0 Å². The van der Waals surface area contributed by atoms with Crippen LogP contribution in [0.5, 0.6) is 0 Å². The summed E-state index contributed by atoms with van der Waals surface area (Å²) in [6, 6.07) is 12.7. The van der Waals surface area contributed by atoms with Gasteiger partial charge in [-0.2, -0.15) is 10.2 Å². The van der Waals surface area contributed by atoms with E-state index in [1.807, 2.05) is 6.07 Å². The SMILES string of the molecule is O=C(NCC1CCOC1)c1nnc(CCCCc2cc3c(nn2)CC(Cc2ccccc2)=C3)s1. The van der Waals surface area contributed by atoms with Gasteiger partial charge < -0.3 is 10.1 Å². The Morgan fingerprint density at radius 1 is 1.09 bits per heavy atom. The normalized spacial score (nSPS) is 16.9. The van der Waals surface area contributed by atoms with Crippen LogP contribution in [-0.2, 0) is 30.4 Å². The zero-order valence-corrected chi connectivity index (χ0v) is 20.0. The molecule has 0 spiro atoms. The van der Waals surface area contributed by atoms with Gasteiger partial charge in [-0.15, -0.1) is 10.2 Å². The van der Waals surface area contributed by atoms with E-state index in [1.54, 1.807) is 0 Å². The van der Waals surface area contributed by atoms with Gasteiger partial charge in [-0.1, -0.05) is 53.3 Å². The van der Waals surface area contributed by atoms with Gasteiger partial charge in [0.05, 0.1) is 18.0 Å². The topological polar surface area (TPSA) is 89.9 Å². The molecule has 7 nitrogen and oxygen atoms in total. The molecule has 1 saturated heterocycles. The zero-order chi connectivity index (χ0) is 23.2. The lowest BCUT2D eigenvalue weighted by molar-refractivity contribution is 0.0944. The second-order valence-electron chi connectivity index (χ2n) is 9.03. The van der Waals surface area contributed by atoms with Crippen molar-refractivity contribution in [2.24, 2.45) is 5.92 Å². The molecule has 8 heteroatoms. The van der Waals surface area contributed by atoms with Crippen molar-refractivity contribution in [2.75, 3.05) is 19.8 Å². The Labute approximate surface area is 203 Å². The maximum Gasteiger partial charge on any atom is 0.282 e. The van der Waals surface area contributed by atoms with Crippen molar-refractivity contribution in [3.63, 3.8) is 0 Å². The van der Waals surface area contributed by atoms with E-state index >= 15 is 0 Å². The highest BCUT2D eigenvalue weighted by atomic mass is 32.1. The third kappa shape index (κ3) is 5.93. The smallest absolute Gasteiger partial charge is 0.282 e. The van der Waals surface area contributed by atoms with E-state index in [0.29, 0.717) is 17.5 Å². The molecule has 1 aromatic carbocycles. The summed E-state index contributed by atoms with van der Waals surface area (Å²) in [6.45, 7) is 2.15. The predicted molar refractivity (Wildman–Crippen MR) is 132 cm³/mol. The fourth-order valence-electron chi connectivity index (χ4n) is 4.40. The van der Waals surface area contributed by atoms with Crippen LogP contribution >= 0.6 is 11.3 Å². The van der Waals surface area contributed by atoms with E-state index in [0.717, 1.165) is 74.6 Å². The lowest BCUT2D eigenvalue weighted by Crippen LogP contribution is -2.29. The lowest BCUT2D eigenvalue weighted by Gasteiger charge is -2.07. The van der Waals surface area contributed by atoms with Crippen LogP contribution in [0.25, 0.3) is 6.08 Å². The number of nitrogens with zero attached hydrogens (tertiary/aromatic N) is 4. The number of nitrogens with one attached hydrogen (secondary N) is 1. The number of allylic oxidation sites excluding steroid dienone is 1. The van der Waals surface area contributed by atoms with Gasteiger partial charge in [-0.05, 0) is 49.3 Å². The number of ether oxygens (including phenoxy) is 1. The number of benzene rings is 1. The van der Waals surface area contributed by atoms with Crippen LogP contribution < -0.4 is 5.32 Å². The minimum atomic E-state index is -0.135. The number of rotatable bonds is 10. The summed E-state index contributed by atoms with van der Waals surface area (Å²) in [5, 5.41) is 21.5. The molecular weight excluding hydrogens is 446 g/mol. The molecule has 34 heavy (non-hydrogen) atoms. The highest BCUT2D eigenvalue weighted by Gasteiger charge is 2.19. The number of carbonyl (C=O) groups is 1. The van der Waals surface area contributed by atoms with E-state index < -0.39 is 0 Å². The number of aryl methyl sites for hydroxylation is 2. The van der Waals surface area contributed by atoms with Gasteiger partial charge in [0.2, 0.25) is 5.01 Å². The Morgan fingerprint density at radius 3 is 2.82 bits per heavy atom. The zero-order valence-electron chi connectivity index (χ0n) is 19.2. The largest absolute Gasteiger partial charge is 0.381 e. The molecule has 176 valence electrons. The first-order valence-electron chi connectivity index (χ1n) is 12.0. The number of unbranched alkanes of at least 4 members (excludes halogenated alkanes) is 1. The van der Waals surface area contributed by atoms with Crippen molar-refractivity contribution >= 4 is 23.3 Å². The first-order valence-corrected chi connectivity index (χ1v) is 12.8. The molecule has 1 unspecified atom stereocenters. The molecule has 1 atom stereocenters. The molecule has 3 aromatic rings. The fourth-order valence-corrected chi connectivity index (χ4v) is 5.20. The molecule has 2 aromatic heterocycles. The van der Waals surface area contributed by atoms with Gasteiger partial charge in [0.15, 0.2) is 0 Å². The molecule has 5 rings (SSSR count). The molecule has 3 heterocycles. The Kier molecular flexibility index (Phi) is 7.36. The van der Waals surface area contributed by atoms with Gasteiger partial charge in [0.25, 0.3) is 5.91 Å². The molecule has 0 bridgehead atoms. The first kappa shape index (κ1) is 22.8. The van der Waals surface area contributed by atoms with Gasteiger partial charge in [0.1, 0.15) is 5.01 Å². The molecule has 1 aliphatic carbocycles. The third-order valence-corrected chi connectivity index (χ3v) is 7.27. The van der Waals surface area contributed by atoms with E-state index in [1.165, 1.54) is 28.0 Å². The van der Waals surface area contributed by atoms with Crippen LogP contribution in [0.15, 0.2) is 42.0 Å². The first-order chi connectivity index (χ1) is 16.7. The number of aromatic nitrogens is 4. The van der Waals surface area contributed by atoms with Crippen molar-refractivity contribution < 1.29 is 9.53 Å². The maximum atomic E-state index is 12.3. The van der Waals surface area contributed by atoms with Crippen molar-refractivity contribution in [2.45, 2.75) is 44.9 Å². The Balaban J connectivity index is 1.06. The minimum absolute atomic E-state index is 0.135. The number of fused-ring (bicyclic) bond motifs is 1.